The second-order valence-electron chi connectivity index (χ2n) is 8.95. The van der Waals surface area contributed by atoms with Gasteiger partial charge in [-0.2, -0.15) is 4.39 Å². The second kappa shape index (κ2) is 8.85. The summed E-state index contributed by atoms with van der Waals surface area (Å²) in [6.45, 7) is 0.0382. The number of nitrogens with one attached hydrogen (secondary N) is 1. The van der Waals surface area contributed by atoms with Gasteiger partial charge >= 0.3 is 0 Å². The summed E-state index contributed by atoms with van der Waals surface area (Å²) in [4.78, 5) is 15.0. The minimum atomic E-state index is -3.05. The van der Waals surface area contributed by atoms with Crippen molar-refractivity contribution < 1.29 is 26.7 Å². The summed E-state index contributed by atoms with van der Waals surface area (Å²) in [5.74, 6) is -4.64. The maximum atomic E-state index is 14.8. The van der Waals surface area contributed by atoms with Gasteiger partial charge in [0.05, 0.1) is 11.6 Å². The molecular formula is C25H22F5N3O. The number of carbonyl (C=O) groups is 1. The van der Waals surface area contributed by atoms with Gasteiger partial charge in [-0.15, -0.1) is 5.10 Å². The topological polar surface area (TPSA) is 49.0 Å². The maximum Gasteiger partial charge on any atom is 0.260 e. The molecule has 0 spiro atoms. The van der Waals surface area contributed by atoms with Crippen LogP contribution in [0.2, 0.25) is 0 Å². The van der Waals surface area contributed by atoms with Crippen LogP contribution >= 0.6 is 0 Å². The number of halogens is 5. The normalized spacial score (nSPS) is 16.6. The highest BCUT2D eigenvalue weighted by Gasteiger charge is 2.40. The highest BCUT2D eigenvalue weighted by atomic mass is 19.3. The van der Waals surface area contributed by atoms with E-state index < -0.39 is 47.1 Å². The minimum Gasteiger partial charge on any atom is -0.331 e. The van der Waals surface area contributed by atoms with Crippen molar-refractivity contribution in [2.75, 3.05) is 0 Å². The largest absolute Gasteiger partial charge is 0.331 e. The number of aromatic nitrogens is 2. The first-order chi connectivity index (χ1) is 16.3. The molecule has 1 atom stereocenters. The molecule has 0 aliphatic heterocycles. The van der Waals surface area contributed by atoms with E-state index in [9.17, 15) is 26.7 Å². The monoisotopic (exact) mass is 475 g/mol. The number of alkyl halides is 2. The number of H-pyrrole nitrogens is 1. The third-order valence-electron chi connectivity index (χ3n) is 6.45. The Labute approximate surface area is 192 Å². The van der Waals surface area contributed by atoms with E-state index in [4.69, 9.17) is 0 Å². The first-order valence-corrected chi connectivity index (χ1v) is 11.2. The summed E-state index contributed by atoms with van der Waals surface area (Å²) < 4.78 is 70.8. The van der Waals surface area contributed by atoms with Crippen molar-refractivity contribution in [2.45, 2.75) is 56.5 Å². The number of nitrogens with zero attached hydrogens (tertiary/aromatic N) is 2. The average molecular weight is 475 g/mol. The summed E-state index contributed by atoms with van der Waals surface area (Å²) in [5.41, 5.74) is 0.467. The Morgan fingerprint density at radius 1 is 1.03 bits per heavy atom. The van der Waals surface area contributed by atoms with E-state index in [0.717, 1.165) is 30.5 Å². The van der Waals surface area contributed by atoms with Gasteiger partial charge in [-0.25, -0.2) is 17.6 Å². The third-order valence-corrected chi connectivity index (χ3v) is 6.45. The Morgan fingerprint density at radius 3 is 2.41 bits per heavy atom. The molecule has 34 heavy (non-hydrogen) atoms. The van der Waals surface area contributed by atoms with E-state index in [2.05, 4.69) is 10.2 Å². The van der Waals surface area contributed by atoms with Crippen LogP contribution in [0, 0.1) is 17.6 Å². The van der Waals surface area contributed by atoms with E-state index in [-0.39, 0.29) is 18.2 Å². The summed E-state index contributed by atoms with van der Waals surface area (Å²) in [5, 5.41) is 5.65. The quantitative estimate of drug-likeness (QED) is 0.412. The fourth-order valence-corrected chi connectivity index (χ4v) is 4.48. The molecule has 178 valence electrons. The summed E-state index contributed by atoms with van der Waals surface area (Å²) in [6.07, 6.45) is 0.251. The van der Waals surface area contributed by atoms with Crippen LogP contribution in [0.15, 0.2) is 42.5 Å². The average Bonchev–Trinajstić information content (AvgIpc) is 3.71. The van der Waals surface area contributed by atoms with E-state index in [1.54, 1.807) is 6.07 Å². The number of rotatable bonds is 8. The Bertz CT molecular complexity index is 1220. The molecule has 2 fully saturated rings. The molecule has 1 heterocycles. The molecule has 0 bridgehead atoms. The van der Waals surface area contributed by atoms with Crippen LogP contribution in [-0.2, 0) is 6.54 Å². The molecule has 9 heteroatoms. The van der Waals surface area contributed by atoms with Gasteiger partial charge in [0.2, 0.25) is 5.95 Å². The predicted molar refractivity (Wildman–Crippen MR) is 114 cm³/mol. The number of amides is 1. The van der Waals surface area contributed by atoms with Gasteiger partial charge in [-0.3, -0.25) is 9.89 Å². The molecule has 2 aliphatic carbocycles. The van der Waals surface area contributed by atoms with Crippen LogP contribution in [0.25, 0.3) is 0 Å². The maximum absolute atomic E-state index is 14.8. The standard InChI is InChI=1S/C25H22F5N3O/c26-16-3-1-2-14(10-16)20(23(28)29)22-21(24(30)32-31-22)25(34)33(18-7-8-18)12-15-11-17(27)6-9-19(15)13-4-5-13/h1-3,6,9-11,13,18,20,23H,4-5,7-8,12H2,(H,31,32). The molecule has 1 aromatic heterocycles. The molecule has 4 nitrogen and oxygen atoms in total. The van der Waals surface area contributed by atoms with Gasteiger partial charge in [0.15, 0.2) is 0 Å². The van der Waals surface area contributed by atoms with Crippen LogP contribution in [0.5, 0.6) is 0 Å². The van der Waals surface area contributed by atoms with Crippen molar-refractivity contribution in [2.24, 2.45) is 0 Å². The van der Waals surface area contributed by atoms with E-state index in [1.165, 1.54) is 29.2 Å². The number of benzene rings is 2. The van der Waals surface area contributed by atoms with Crippen LogP contribution in [0.4, 0.5) is 22.0 Å². The Morgan fingerprint density at radius 2 is 1.76 bits per heavy atom. The molecule has 0 saturated heterocycles. The summed E-state index contributed by atoms with van der Waals surface area (Å²) >= 11 is 0. The smallest absolute Gasteiger partial charge is 0.260 e. The molecule has 5 rings (SSSR count). The van der Waals surface area contributed by atoms with Crippen molar-refractivity contribution in [3.8, 4) is 0 Å². The van der Waals surface area contributed by atoms with Crippen LogP contribution in [-0.4, -0.2) is 33.5 Å². The van der Waals surface area contributed by atoms with Crippen molar-refractivity contribution >= 4 is 5.91 Å². The lowest BCUT2D eigenvalue weighted by Crippen LogP contribution is -2.34. The van der Waals surface area contributed by atoms with Crippen molar-refractivity contribution in [3.63, 3.8) is 0 Å². The molecule has 2 aromatic carbocycles. The minimum absolute atomic E-state index is 0.0382. The lowest BCUT2D eigenvalue weighted by atomic mass is 9.93. The Hall–Kier alpha value is -3.23. The molecule has 1 amide bonds. The van der Waals surface area contributed by atoms with Crippen LogP contribution in [0.3, 0.4) is 0 Å². The number of aromatic amines is 1. The van der Waals surface area contributed by atoms with Gasteiger partial charge in [0.1, 0.15) is 17.2 Å². The number of hydrogen-bond donors (Lipinski definition) is 1. The summed E-state index contributed by atoms with van der Waals surface area (Å²) in [6, 6.07) is 8.85. The van der Waals surface area contributed by atoms with Gasteiger partial charge in [0, 0.05) is 12.6 Å². The van der Waals surface area contributed by atoms with Crippen molar-refractivity contribution in [1.29, 1.82) is 0 Å². The lowest BCUT2D eigenvalue weighted by Gasteiger charge is -2.25. The molecule has 1 unspecified atom stereocenters. The van der Waals surface area contributed by atoms with Gasteiger partial charge in [-0.1, -0.05) is 18.2 Å². The highest BCUT2D eigenvalue weighted by Crippen LogP contribution is 2.43. The fourth-order valence-electron chi connectivity index (χ4n) is 4.48. The lowest BCUT2D eigenvalue weighted by molar-refractivity contribution is 0.0720. The second-order valence-corrected chi connectivity index (χ2v) is 8.95. The Balaban J connectivity index is 1.52. The Kier molecular flexibility index (Phi) is 5.87. The molecular weight excluding hydrogens is 453 g/mol. The van der Waals surface area contributed by atoms with E-state index >= 15 is 0 Å². The predicted octanol–water partition coefficient (Wildman–Crippen LogP) is 5.91. The zero-order chi connectivity index (χ0) is 24.0. The molecule has 1 N–H and O–H groups in total. The molecule has 0 radical (unpaired) electrons. The molecule has 2 saturated carbocycles. The fraction of sp³-hybridized carbons (Fsp3) is 0.360. The first-order valence-electron chi connectivity index (χ1n) is 11.2. The number of carbonyl (C=O) groups excluding carboxylic acids is 1. The highest BCUT2D eigenvalue weighted by molar-refractivity contribution is 5.96. The van der Waals surface area contributed by atoms with Crippen LogP contribution in [0.1, 0.15) is 70.3 Å². The van der Waals surface area contributed by atoms with Crippen molar-refractivity contribution in [1.82, 2.24) is 15.1 Å². The SMILES string of the molecule is O=C(c1c(F)n[nH]c1C(c1cccc(F)c1)C(F)F)N(Cc1cc(F)ccc1C1CC1)C1CC1. The molecule has 3 aromatic rings. The number of hydrogen-bond acceptors (Lipinski definition) is 2. The van der Waals surface area contributed by atoms with E-state index in [1.807, 2.05) is 0 Å². The molecule has 2 aliphatic rings. The summed E-state index contributed by atoms with van der Waals surface area (Å²) in [7, 11) is 0. The van der Waals surface area contributed by atoms with E-state index in [0.29, 0.717) is 24.3 Å². The zero-order valence-electron chi connectivity index (χ0n) is 18.1. The van der Waals surface area contributed by atoms with Gasteiger partial charge < -0.3 is 4.90 Å². The third kappa shape index (κ3) is 4.43. The first kappa shape index (κ1) is 22.6. The zero-order valence-corrected chi connectivity index (χ0v) is 18.1. The van der Waals surface area contributed by atoms with Crippen molar-refractivity contribution in [3.05, 3.63) is 88.0 Å². The van der Waals surface area contributed by atoms with Gasteiger partial charge in [0.25, 0.3) is 12.3 Å². The van der Waals surface area contributed by atoms with Gasteiger partial charge in [-0.05, 0) is 72.6 Å². The van der Waals surface area contributed by atoms with Crippen LogP contribution < -0.4 is 0 Å².